The van der Waals surface area contributed by atoms with E-state index in [-0.39, 0.29) is 17.7 Å². The average Bonchev–Trinajstić information content (AvgIpc) is 2.77. The second kappa shape index (κ2) is 6.00. The van der Waals surface area contributed by atoms with Crippen LogP contribution in [0.4, 0.5) is 0 Å². The molecule has 1 rings (SSSR count). The van der Waals surface area contributed by atoms with Gasteiger partial charge in [-0.25, -0.2) is 0 Å². The first-order valence-corrected chi connectivity index (χ1v) is 6.28. The molecule has 0 aromatic rings. The molecule has 0 spiro atoms. The van der Waals surface area contributed by atoms with Crippen molar-refractivity contribution >= 4 is 11.8 Å². The van der Waals surface area contributed by atoms with E-state index in [1.165, 1.54) is 0 Å². The molecule has 1 aliphatic rings. The zero-order valence-electron chi connectivity index (χ0n) is 10.9. The van der Waals surface area contributed by atoms with Crippen molar-refractivity contribution in [1.82, 2.24) is 10.2 Å². The predicted octanol–water partition coefficient (Wildman–Crippen LogP) is 0.0968. The standard InChI is InChI=1S/C12H23N3O2/c1-8(2)10(14-11(16)9(3)13)12(17)15-6-4-5-7-15/h8-10H,4-7,13H2,1-3H3,(H,14,16). The Hall–Kier alpha value is -1.10. The van der Waals surface area contributed by atoms with Crippen LogP contribution in [0.5, 0.6) is 0 Å². The van der Waals surface area contributed by atoms with E-state index < -0.39 is 12.1 Å². The Morgan fingerprint density at radius 3 is 2.12 bits per heavy atom. The molecule has 1 aliphatic heterocycles. The summed E-state index contributed by atoms with van der Waals surface area (Å²) < 4.78 is 0. The number of nitrogens with two attached hydrogens (primary N) is 1. The number of nitrogens with one attached hydrogen (secondary N) is 1. The number of rotatable bonds is 4. The van der Waals surface area contributed by atoms with E-state index in [0.717, 1.165) is 25.9 Å². The smallest absolute Gasteiger partial charge is 0.245 e. The molecular formula is C12H23N3O2. The van der Waals surface area contributed by atoms with Gasteiger partial charge in [-0.3, -0.25) is 9.59 Å². The van der Waals surface area contributed by atoms with Crippen LogP contribution in [0.3, 0.4) is 0 Å². The maximum Gasteiger partial charge on any atom is 0.245 e. The molecule has 0 bridgehead atoms. The molecule has 5 heteroatoms. The van der Waals surface area contributed by atoms with Crippen LogP contribution < -0.4 is 11.1 Å². The lowest BCUT2D eigenvalue weighted by atomic mass is 10.0. The molecular weight excluding hydrogens is 218 g/mol. The zero-order valence-corrected chi connectivity index (χ0v) is 10.9. The molecule has 0 aromatic carbocycles. The van der Waals surface area contributed by atoms with Crippen LogP contribution in [0, 0.1) is 5.92 Å². The molecule has 0 saturated carbocycles. The first-order chi connectivity index (χ1) is 7.93. The van der Waals surface area contributed by atoms with Crippen molar-refractivity contribution in [2.45, 2.75) is 45.7 Å². The van der Waals surface area contributed by atoms with Crippen molar-refractivity contribution in [1.29, 1.82) is 0 Å². The summed E-state index contributed by atoms with van der Waals surface area (Å²) in [7, 11) is 0. The van der Waals surface area contributed by atoms with Crippen LogP contribution in [-0.2, 0) is 9.59 Å². The van der Waals surface area contributed by atoms with Crippen LogP contribution >= 0.6 is 0 Å². The predicted molar refractivity (Wildman–Crippen MR) is 66.2 cm³/mol. The highest BCUT2D eigenvalue weighted by atomic mass is 16.2. The molecule has 1 saturated heterocycles. The number of amides is 2. The third kappa shape index (κ3) is 3.70. The highest BCUT2D eigenvalue weighted by Crippen LogP contribution is 2.13. The number of carbonyl (C=O) groups excluding carboxylic acids is 2. The van der Waals surface area contributed by atoms with Gasteiger partial charge in [0.15, 0.2) is 0 Å². The van der Waals surface area contributed by atoms with Gasteiger partial charge in [-0.1, -0.05) is 13.8 Å². The Bertz CT molecular complexity index is 283. The Morgan fingerprint density at radius 2 is 1.71 bits per heavy atom. The van der Waals surface area contributed by atoms with E-state index in [4.69, 9.17) is 5.73 Å². The molecule has 0 radical (unpaired) electrons. The lowest BCUT2D eigenvalue weighted by Gasteiger charge is -2.27. The average molecular weight is 241 g/mol. The summed E-state index contributed by atoms with van der Waals surface area (Å²) in [5.41, 5.74) is 5.50. The van der Waals surface area contributed by atoms with Gasteiger partial charge in [0.1, 0.15) is 6.04 Å². The topological polar surface area (TPSA) is 75.4 Å². The van der Waals surface area contributed by atoms with Gasteiger partial charge >= 0.3 is 0 Å². The van der Waals surface area contributed by atoms with Crippen molar-refractivity contribution in [2.75, 3.05) is 13.1 Å². The van der Waals surface area contributed by atoms with Crippen LogP contribution in [0.15, 0.2) is 0 Å². The minimum Gasteiger partial charge on any atom is -0.343 e. The first kappa shape index (κ1) is 14.0. The number of hydrogen-bond donors (Lipinski definition) is 2. The highest BCUT2D eigenvalue weighted by molar-refractivity contribution is 5.89. The fraction of sp³-hybridized carbons (Fsp3) is 0.833. The molecule has 0 aromatic heterocycles. The van der Waals surface area contributed by atoms with E-state index in [1.54, 1.807) is 6.92 Å². The third-order valence-corrected chi connectivity index (χ3v) is 3.06. The van der Waals surface area contributed by atoms with Crippen molar-refractivity contribution in [2.24, 2.45) is 11.7 Å². The normalized spacial score (nSPS) is 19.2. The van der Waals surface area contributed by atoms with Gasteiger partial charge in [0.2, 0.25) is 11.8 Å². The third-order valence-electron chi connectivity index (χ3n) is 3.06. The van der Waals surface area contributed by atoms with Crippen molar-refractivity contribution in [3.8, 4) is 0 Å². The molecule has 98 valence electrons. The number of carbonyl (C=O) groups is 2. The molecule has 2 unspecified atom stereocenters. The monoisotopic (exact) mass is 241 g/mol. The second-order valence-electron chi connectivity index (χ2n) is 5.05. The van der Waals surface area contributed by atoms with Crippen LogP contribution in [-0.4, -0.2) is 41.9 Å². The lowest BCUT2D eigenvalue weighted by Crippen LogP contribution is -2.53. The van der Waals surface area contributed by atoms with Crippen LogP contribution in [0.2, 0.25) is 0 Å². The number of hydrogen-bond acceptors (Lipinski definition) is 3. The quantitative estimate of drug-likeness (QED) is 0.733. The van der Waals surface area contributed by atoms with Crippen molar-refractivity contribution in [3.05, 3.63) is 0 Å². The first-order valence-electron chi connectivity index (χ1n) is 6.28. The van der Waals surface area contributed by atoms with E-state index in [2.05, 4.69) is 5.32 Å². The van der Waals surface area contributed by atoms with E-state index in [0.29, 0.717) is 0 Å². The minimum absolute atomic E-state index is 0.0199. The lowest BCUT2D eigenvalue weighted by molar-refractivity contribution is -0.137. The van der Waals surface area contributed by atoms with Crippen molar-refractivity contribution < 1.29 is 9.59 Å². The fourth-order valence-electron chi connectivity index (χ4n) is 1.93. The van der Waals surface area contributed by atoms with Gasteiger partial charge in [-0.05, 0) is 25.7 Å². The highest BCUT2D eigenvalue weighted by Gasteiger charge is 2.30. The summed E-state index contributed by atoms with van der Waals surface area (Å²) in [5.74, 6) is -0.173. The van der Waals surface area contributed by atoms with Gasteiger partial charge in [0.25, 0.3) is 0 Å². The van der Waals surface area contributed by atoms with Gasteiger partial charge in [0.05, 0.1) is 6.04 Å². The van der Waals surface area contributed by atoms with Gasteiger partial charge in [-0.15, -0.1) is 0 Å². The fourth-order valence-corrected chi connectivity index (χ4v) is 1.93. The summed E-state index contributed by atoms with van der Waals surface area (Å²) >= 11 is 0. The Morgan fingerprint density at radius 1 is 1.18 bits per heavy atom. The number of likely N-dealkylation sites (tertiary alicyclic amines) is 1. The zero-order chi connectivity index (χ0) is 13.0. The summed E-state index contributed by atoms with van der Waals surface area (Å²) in [6, 6.07) is -1.03. The van der Waals surface area contributed by atoms with Gasteiger partial charge in [-0.2, -0.15) is 0 Å². The molecule has 2 atom stereocenters. The molecule has 1 fully saturated rings. The van der Waals surface area contributed by atoms with E-state index in [1.807, 2.05) is 18.7 Å². The van der Waals surface area contributed by atoms with Gasteiger partial charge < -0.3 is 16.0 Å². The Balaban J connectivity index is 2.64. The van der Waals surface area contributed by atoms with Crippen LogP contribution in [0.1, 0.15) is 33.6 Å². The van der Waals surface area contributed by atoms with E-state index in [9.17, 15) is 9.59 Å². The summed E-state index contributed by atoms with van der Waals surface area (Å²) in [6.07, 6.45) is 2.11. The molecule has 3 N–H and O–H groups in total. The largest absolute Gasteiger partial charge is 0.343 e. The Labute approximate surface area is 103 Å². The Kier molecular flexibility index (Phi) is 4.93. The summed E-state index contributed by atoms with van der Waals surface area (Å²) in [5, 5.41) is 2.74. The van der Waals surface area contributed by atoms with E-state index >= 15 is 0 Å². The molecule has 2 amide bonds. The molecule has 17 heavy (non-hydrogen) atoms. The van der Waals surface area contributed by atoms with Crippen LogP contribution in [0.25, 0.3) is 0 Å². The molecule has 1 heterocycles. The maximum atomic E-state index is 12.2. The minimum atomic E-state index is -0.581. The second-order valence-corrected chi connectivity index (χ2v) is 5.05. The van der Waals surface area contributed by atoms with Crippen molar-refractivity contribution in [3.63, 3.8) is 0 Å². The summed E-state index contributed by atoms with van der Waals surface area (Å²) in [6.45, 7) is 7.08. The molecule has 5 nitrogen and oxygen atoms in total. The van der Waals surface area contributed by atoms with Gasteiger partial charge in [0, 0.05) is 13.1 Å². The number of nitrogens with zero attached hydrogens (tertiary/aromatic N) is 1. The summed E-state index contributed by atoms with van der Waals surface area (Å²) in [4.78, 5) is 25.6. The molecule has 0 aliphatic carbocycles. The maximum absolute atomic E-state index is 12.2. The SMILES string of the molecule is CC(N)C(=O)NC(C(=O)N1CCCC1)C(C)C.